The molecule has 0 radical (unpaired) electrons. The van der Waals surface area contributed by atoms with Crippen molar-refractivity contribution in [1.29, 1.82) is 0 Å². The first-order chi connectivity index (χ1) is 10.0. The molecule has 0 aliphatic carbocycles. The van der Waals surface area contributed by atoms with Crippen LogP contribution in [-0.2, 0) is 9.84 Å². The molecule has 0 saturated carbocycles. The summed E-state index contributed by atoms with van der Waals surface area (Å²) < 4.78 is 30.5. The summed E-state index contributed by atoms with van der Waals surface area (Å²) in [4.78, 5) is 0.326. The average molecular weight is 370 g/mol. The van der Waals surface area contributed by atoms with Crippen molar-refractivity contribution in [2.75, 3.05) is 24.7 Å². The quantitative estimate of drug-likeness (QED) is 0.848. The van der Waals surface area contributed by atoms with Gasteiger partial charge in [-0.1, -0.05) is 28.1 Å². The van der Waals surface area contributed by atoms with Crippen LogP contribution in [0.4, 0.5) is 5.69 Å². The number of hydrogen-bond acceptors (Lipinski definition) is 4. The minimum absolute atomic E-state index is 0.0205. The summed E-state index contributed by atoms with van der Waals surface area (Å²) in [5.41, 5.74) is 0.783. The van der Waals surface area contributed by atoms with Crippen LogP contribution < -0.4 is 10.1 Å². The molecule has 2 aromatic carbocycles. The summed E-state index contributed by atoms with van der Waals surface area (Å²) in [6, 6.07) is 14.1. The molecular formula is C15H16BrNO3S. The van der Waals surface area contributed by atoms with Crippen molar-refractivity contribution in [2.45, 2.75) is 4.90 Å². The standard InChI is InChI=1S/C15H16BrNO3S/c1-20-15-5-3-2-4-14(15)17-10-11-21(18,19)13-8-6-12(16)7-9-13/h2-9,17H,10-11H2,1H3. The molecule has 0 aliphatic heterocycles. The van der Waals surface area contributed by atoms with Crippen LogP contribution in [-0.4, -0.2) is 27.8 Å². The minimum Gasteiger partial charge on any atom is -0.495 e. The fraction of sp³-hybridized carbons (Fsp3) is 0.200. The van der Waals surface area contributed by atoms with Gasteiger partial charge in [0.15, 0.2) is 9.84 Å². The highest BCUT2D eigenvalue weighted by molar-refractivity contribution is 9.10. The Morgan fingerprint density at radius 3 is 2.43 bits per heavy atom. The molecule has 0 atom stereocenters. The Morgan fingerprint density at radius 2 is 1.76 bits per heavy atom. The highest BCUT2D eigenvalue weighted by Gasteiger charge is 2.14. The summed E-state index contributed by atoms with van der Waals surface area (Å²) >= 11 is 3.29. The zero-order valence-corrected chi connectivity index (χ0v) is 13.9. The van der Waals surface area contributed by atoms with E-state index in [9.17, 15) is 8.42 Å². The maximum Gasteiger partial charge on any atom is 0.180 e. The van der Waals surface area contributed by atoms with Crippen molar-refractivity contribution in [3.63, 3.8) is 0 Å². The van der Waals surface area contributed by atoms with Crippen molar-refractivity contribution < 1.29 is 13.2 Å². The van der Waals surface area contributed by atoms with E-state index in [1.807, 2.05) is 24.3 Å². The SMILES string of the molecule is COc1ccccc1NCCS(=O)(=O)c1ccc(Br)cc1. The third kappa shape index (κ3) is 4.22. The highest BCUT2D eigenvalue weighted by Crippen LogP contribution is 2.23. The van der Waals surface area contributed by atoms with Crippen molar-refractivity contribution in [2.24, 2.45) is 0 Å². The lowest BCUT2D eigenvalue weighted by molar-refractivity contribution is 0.416. The zero-order chi connectivity index (χ0) is 15.3. The van der Waals surface area contributed by atoms with Crippen molar-refractivity contribution >= 4 is 31.5 Å². The second-order valence-electron chi connectivity index (χ2n) is 4.40. The molecule has 2 rings (SSSR count). The Bertz CT molecular complexity index is 699. The van der Waals surface area contributed by atoms with Crippen molar-refractivity contribution in [3.8, 4) is 5.75 Å². The van der Waals surface area contributed by atoms with Crippen LogP contribution in [0.15, 0.2) is 57.9 Å². The number of rotatable bonds is 6. The third-order valence-electron chi connectivity index (χ3n) is 2.97. The van der Waals surface area contributed by atoms with E-state index in [2.05, 4.69) is 21.2 Å². The first-order valence-corrected chi connectivity index (χ1v) is 8.83. The van der Waals surface area contributed by atoms with Crippen LogP contribution in [0, 0.1) is 0 Å². The van der Waals surface area contributed by atoms with Gasteiger partial charge in [-0.3, -0.25) is 0 Å². The molecule has 0 fully saturated rings. The molecule has 1 N–H and O–H groups in total. The molecule has 0 amide bonds. The average Bonchev–Trinajstić information content (AvgIpc) is 2.48. The minimum atomic E-state index is -3.29. The highest BCUT2D eigenvalue weighted by atomic mass is 79.9. The predicted molar refractivity (Wildman–Crippen MR) is 87.7 cm³/mol. The molecule has 0 aliphatic rings. The summed E-state index contributed by atoms with van der Waals surface area (Å²) in [7, 11) is -1.71. The van der Waals surface area contributed by atoms with Crippen LogP contribution in [0.1, 0.15) is 0 Å². The number of nitrogens with one attached hydrogen (secondary N) is 1. The number of methoxy groups -OCH3 is 1. The molecule has 0 spiro atoms. The largest absolute Gasteiger partial charge is 0.495 e. The van der Waals surface area contributed by atoms with Gasteiger partial charge in [0, 0.05) is 11.0 Å². The molecular weight excluding hydrogens is 354 g/mol. The van der Waals surface area contributed by atoms with Gasteiger partial charge in [0.2, 0.25) is 0 Å². The van der Waals surface area contributed by atoms with E-state index in [1.165, 1.54) is 0 Å². The number of halogens is 1. The molecule has 0 heterocycles. The molecule has 2 aromatic rings. The van der Waals surface area contributed by atoms with E-state index in [-0.39, 0.29) is 5.75 Å². The number of ether oxygens (including phenoxy) is 1. The number of benzene rings is 2. The predicted octanol–water partition coefficient (Wildman–Crippen LogP) is 3.34. The molecule has 112 valence electrons. The first-order valence-electron chi connectivity index (χ1n) is 6.38. The van der Waals surface area contributed by atoms with Crippen LogP contribution in [0.5, 0.6) is 5.75 Å². The van der Waals surface area contributed by atoms with Crippen LogP contribution in [0.25, 0.3) is 0 Å². The van der Waals surface area contributed by atoms with Gasteiger partial charge >= 0.3 is 0 Å². The Balaban J connectivity index is 2.01. The normalized spacial score (nSPS) is 11.1. The maximum atomic E-state index is 12.2. The van der Waals surface area contributed by atoms with Gasteiger partial charge in [-0.25, -0.2) is 8.42 Å². The van der Waals surface area contributed by atoms with Crippen LogP contribution in [0.2, 0.25) is 0 Å². The van der Waals surface area contributed by atoms with Gasteiger partial charge in [-0.2, -0.15) is 0 Å². The summed E-state index contributed by atoms with van der Waals surface area (Å²) in [6.45, 7) is 0.318. The molecule has 21 heavy (non-hydrogen) atoms. The monoisotopic (exact) mass is 369 g/mol. The molecule has 0 unspecified atom stereocenters. The van der Waals surface area contributed by atoms with Gasteiger partial charge in [0.25, 0.3) is 0 Å². The lowest BCUT2D eigenvalue weighted by Gasteiger charge is -2.11. The Kier molecular flexibility index (Phi) is 5.25. The Morgan fingerprint density at radius 1 is 1.10 bits per heavy atom. The van der Waals surface area contributed by atoms with E-state index in [0.29, 0.717) is 17.2 Å². The van der Waals surface area contributed by atoms with Gasteiger partial charge in [-0.15, -0.1) is 0 Å². The van der Waals surface area contributed by atoms with Gasteiger partial charge in [0.1, 0.15) is 5.75 Å². The molecule has 0 bridgehead atoms. The molecule has 0 aromatic heterocycles. The van der Waals surface area contributed by atoms with E-state index in [0.717, 1.165) is 10.2 Å². The van der Waals surface area contributed by atoms with E-state index in [4.69, 9.17) is 4.74 Å². The molecule has 4 nitrogen and oxygen atoms in total. The van der Waals surface area contributed by atoms with Crippen molar-refractivity contribution in [3.05, 3.63) is 53.0 Å². The second-order valence-corrected chi connectivity index (χ2v) is 7.42. The maximum absolute atomic E-state index is 12.2. The van der Waals surface area contributed by atoms with Crippen LogP contribution >= 0.6 is 15.9 Å². The summed E-state index contributed by atoms with van der Waals surface area (Å²) in [5.74, 6) is 0.714. The number of hydrogen-bond donors (Lipinski definition) is 1. The number of sulfone groups is 1. The van der Waals surface area contributed by atoms with Gasteiger partial charge in [-0.05, 0) is 36.4 Å². The van der Waals surface area contributed by atoms with E-state index < -0.39 is 9.84 Å². The smallest absolute Gasteiger partial charge is 0.180 e. The summed E-state index contributed by atoms with van der Waals surface area (Å²) in [5, 5.41) is 3.09. The van der Waals surface area contributed by atoms with Crippen LogP contribution in [0.3, 0.4) is 0 Å². The number of para-hydroxylation sites is 2. The lowest BCUT2D eigenvalue weighted by atomic mass is 10.3. The Hall–Kier alpha value is -1.53. The number of anilines is 1. The van der Waals surface area contributed by atoms with Crippen molar-refractivity contribution in [1.82, 2.24) is 0 Å². The van der Waals surface area contributed by atoms with Gasteiger partial charge < -0.3 is 10.1 Å². The second kappa shape index (κ2) is 6.95. The third-order valence-corrected chi connectivity index (χ3v) is 5.23. The van der Waals surface area contributed by atoms with E-state index in [1.54, 1.807) is 31.4 Å². The fourth-order valence-electron chi connectivity index (χ4n) is 1.87. The van der Waals surface area contributed by atoms with E-state index >= 15 is 0 Å². The molecule has 0 saturated heterocycles. The lowest BCUT2D eigenvalue weighted by Crippen LogP contribution is -2.16. The Labute approximate surface area is 133 Å². The fourth-order valence-corrected chi connectivity index (χ4v) is 3.29. The summed E-state index contributed by atoms with van der Waals surface area (Å²) in [6.07, 6.45) is 0. The van der Waals surface area contributed by atoms with Gasteiger partial charge in [0.05, 0.1) is 23.4 Å². The zero-order valence-electron chi connectivity index (χ0n) is 11.5. The topological polar surface area (TPSA) is 55.4 Å². The first kappa shape index (κ1) is 15.9. The molecule has 6 heteroatoms.